The van der Waals surface area contributed by atoms with Gasteiger partial charge < -0.3 is 23.7 Å². The summed E-state index contributed by atoms with van der Waals surface area (Å²) < 4.78 is 18.3. The molecule has 1 aliphatic rings. The van der Waals surface area contributed by atoms with Gasteiger partial charge in [0.25, 0.3) is 5.91 Å². The molecule has 2 heterocycles. The molecule has 0 spiro atoms. The molecule has 0 saturated heterocycles. The number of carbonyl (C=O) groups is 2. The third-order valence-corrected chi connectivity index (χ3v) is 6.13. The molecule has 196 valence electrons. The highest BCUT2D eigenvalue weighted by Gasteiger charge is 2.37. The minimum atomic E-state index is -0.408. The van der Waals surface area contributed by atoms with Crippen LogP contribution in [0.3, 0.4) is 0 Å². The molecule has 0 bridgehead atoms. The molecule has 1 unspecified atom stereocenters. The van der Waals surface area contributed by atoms with Gasteiger partial charge in [0.15, 0.2) is 0 Å². The molecule has 9 nitrogen and oxygen atoms in total. The third-order valence-electron chi connectivity index (χ3n) is 6.13. The second-order valence-electron chi connectivity index (χ2n) is 10.2. The van der Waals surface area contributed by atoms with Gasteiger partial charge in [-0.3, -0.25) is 9.59 Å². The SMILES string of the molecule is COCCN(CC(=O)N1N=C(c2cccn2C)CC1c1cc(OC)ccc1OC)C(=O)CC(C)(C)C. The Balaban J connectivity index is 1.97. The van der Waals surface area contributed by atoms with Crippen molar-refractivity contribution in [3.63, 3.8) is 0 Å². The summed E-state index contributed by atoms with van der Waals surface area (Å²) in [5.41, 5.74) is 2.31. The van der Waals surface area contributed by atoms with Gasteiger partial charge in [0, 0.05) is 45.3 Å². The first kappa shape index (κ1) is 27.3. The maximum absolute atomic E-state index is 13.7. The monoisotopic (exact) mass is 498 g/mol. The van der Waals surface area contributed by atoms with Crippen LogP contribution < -0.4 is 9.47 Å². The largest absolute Gasteiger partial charge is 0.497 e. The fourth-order valence-electron chi connectivity index (χ4n) is 4.29. The number of rotatable bonds is 10. The predicted octanol–water partition coefficient (Wildman–Crippen LogP) is 3.63. The molecule has 2 aromatic rings. The number of hydrogen-bond donors (Lipinski definition) is 0. The molecule has 0 aliphatic carbocycles. The van der Waals surface area contributed by atoms with E-state index in [1.807, 2.05) is 68.9 Å². The maximum atomic E-state index is 13.7. The summed E-state index contributed by atoms with van der Waals surface area (Å²) in [5.74, 6) is 0.941. The molecule has 9 heteroatoms. The molecule has 1 atom stereocenters. The minimum Gasteiger partial charge on any atom is -0.497 e. The number of carbonyl (C=O) groups excluding carboxylic acids is 2. The first-order chi connectivity index (χ1) is 17.1. The quantitative estimate of drug-likeness (QED) is 0.499. The van der Waals surface area contributed by atoms with Crippen LogP contribution in [0.4, 0.5) is 0 Å². The molecule has 0 radical (unpaired) electrons. The molecule has 3 rings (SSSR count). The lowest BCUT2D eigenvalue weighted by molar-refractivity contribution is -0.143. The Labute approximate surface area is 213 Å². The van der Waals surface area contributed by atoms with E-state index in [0.717, 1.165) is 17.0 Å². The topological polar surface area (TPSA) is 85.6 Å². The summed E-state index contributed by atoms with van der Waals surface area (Å²) in [5, 5.41) is 6.25. The summed E-state index contributed by atoms with van der Waals surface area (Å²) in [6.45, 7) is 6.58. The van der Waals surface area contributed by atoms with E-state index in [9.17, 15) is 9.59 Å². The number of benzene rings is 1. The molecule has 36 heavy (non-hydrogen) atoms. The lowest BCUT2D eigenvalue weighted by atomic mass is 9.91. The Morgan fingerprint density at radius 2 is 1.89 bits per heavy atom. The molecule has 1 aromatic carbocycles. The van der Waals surface area contributed by atoms with Gasteiger partial charge in [-0.2, -0.15) is 5.10 Å². The fraction of sp³-hybridized carbons (Fsp3) is 0.519. The summed E-state index contributed by atoms with van der Waals surface area (Å²) in [6, 6.07) is 9.04. The zero-order chi connectivity index (χ0) is 26.5. The van der Waals surface area contributed by atoms with E-state index in [4.69, 9.17) is 19.3 Å². The molecule has 2 amide bonds. The van der Waals surface area contributed by atoms with Gasteiger partial charge in [-0.1, -0.05) is 20.8 Å². The van der Waals surface area contributed by atoms with E-state index in [1.165, 1.54) is 5.01 Å². The number of aryl methyl sites for hydroxylation is 1. The van der Waals surface area contributed by atoms with E-state index in [-0.39, 0.29) is 23.8 Å². The van der Waals surface area contributed by atoms with Crippen LogP contribution in [0.5, 0.6) is 11.5 Å². The Kier molecular flexibility index (Phi) is 8.79. The van der Waals surface area contributed by atoms with Gasteiger partial charge in [-0.05, 0) is 35.7 Å². The highest BCUT2D eigenvalue weighted by molar-refractivity contribution is 6.02. The van der Waals surface area contributed by atoms with Crippen molar-refractivity contribution < 1.29 is 23.8 Å². The first-order valence-electron chi connectivity index (χ1n) is 12.1. The third kappa shape index (κ3) is 6.46. The highest BCUT2D eigenvalue weighted by atomic mass is 16.5. The lowest BCUT2D eigenvalue weighted by Crippen LogP contribution is -2.43. The number of methoxy groups -OCH3 is 3. The Morgan fingerprint density at radius 3 is 2.47 bits per heavy atom. The average molecular weight is 499 g/mol. The van der Waals surface area contributed by atoms with E-state index in [0.29, 0.717) is 37.5 Å². The number of hydrogen-bond acceptors (Lipinski definition) is 6. The number of amides is 2. The normalized spacial score (nSPS) is 15.6. The maximum Gasteiger partial charge on any atom is 0.262 e. The van der Waals surface area contributed by atoms with Gasteiger partial charge in [0.05, 0.1) is 38.3 Å². The Hall–Kier alpha value is -3.33. The summed E-state index contributed by atoms with van der Waals surface area (Å²) in [6.07, 6.45) is 2.78. The van der Waals surface area contributed by atoms with Crippen LogP contribution >= 0.6 is 0 Å². The van der Waals surface area contributed by atoms with Crippen LogP contribution in [0, 0.1) is 5.41 Å². The smallest absolute Gasteiger partial charge is 0.262 e. The van der Waals surface area contributed by atoms with Crippen molar-refractivity contribution >= 4 is 17.5 Å². The zero-order valence-corrected chi connectivity index (χ0v) is 22.4. The summed E-state index contributed by atoms with van der Waals surface area (Å²) in [4.78, 5) is 28.4. The van der Waals surface area contributed by atoms with Crippen LogP contribution in [-0.2, 0) is 21.4 Å². The highest BCUT2D eigenvalue weighted by Crippen LogP contribution is 2.39. The van der Waals surface area contributed by atoms with E-state index >= 15 is 0 Å². The van der Waals surface area contributed by atoms with Crippen molar-refractivity contribution in [2.45, 2.75) is 39.7 Å². The van der Waals surface area contributed by atoms with Crippen molar-refractivity contribution in [3.8, 4) is 11.5 Å². The summed E-state index contributed by atoms with van der Waals surface area (Å²) >= 11 is 0. The standard InChI is InChI=1S/C27H38N4O5/c1-27(2,3)17-25(32)30(13-14-34-5)18-26(33)31-23(16-21(28-31)22-9-8-12-29(22)4)20-15-19(35-6)10-11-24(20)36-7/h8-12,15,23H,13-14,16-18H2,1-7H3. The summed E-state index contributed by atoms with van der Waals surface area (Å²) in [7, 11) is 6.73. The van der Waals surface area contributed by atoms with E-state index in [2.05, 4.69) is 0 Å². The Bertz CT molecular complexity index is 1100. The molecular formula is C27H38N4O5. The zero-order valence-electron chi connectivity index (χ0n) is 22.4. The van der Waals surface area contributed by atoms with Crippen molar-refractivity contribution in [1.82, 2.24) is 14.5 Å². The van der Waals surface area contributed by atoms with Gasteiger partial charge >= 0.3 is 0 Å². The minimum absolute atomic E-state index is 0.0887. The number of nitrogens with zero attached hydrogens (tertiary/aromatic N) is 4. The van der Waals surface area contributed by atoms with Gasteiger partial charge in [-0.15, -0.1) is 0 Å². The fourth-order valence-corrected chi connectivity index (χ4v) is 4.29. The van der Waals surface area contributed by atoms with Crippen molar-refractivity contribution in [3.05, 3.63) is 47.8 Å². The molecule has 0 N–H and O–H groups in total. The van der Waals surface area contributed by atoms with Crippen LogP contribution in [0.15, 0.2) is 41.6 Å². The number of hydrazone groups is 1. The number of aromatic nitrogens is 1. The Morgan fingerprint density at radius 1 is 1.14 bits per heavy atom. The molecule has 1 aliphatic heterocycles. The van der Waals surface area contributed by atoms with Crippen molar-refractivity contribution in [1.29, 1.82) is 0 Å². The second kappa shape index (κ2) is 11.6. The average Bonchev–Trinajstić information content (AvgIpc) is 3.46. The van der Waals surface area contributed by atoms with Crippen LogP contribution in [0.2, 0.25) is 0 Å². The van der Waals surface area contributed by atoms with Crippen molar-refractivity contribution in [2.24, 2.45) is 17.6 Å². The first-order valence-corrected chi connectivity index (χ1v) is 12.1. The van der Waals surface area contributed by atoms with Gasteiger partial charge in [-0.25, -0.2) is 5.01 Å². The molecular weight excluding hydrogens is 460 g/mol. The van der Waals surface area contributed by atoms with Gasteiger partial charge in [0.1, 0.15) is 18.0 Å². The van der Waals surface area contributed by atoms with E-state index < -0.39 is 6.04 Å². The second-order valence-corrected chi connectivity index (χ2v) is 10.2. The van der Waals surface area contributed by atoms with E-state index in [1.54, 1.807) is 26.2 Å². The molecule has 0 fully saturated rings. The van der Waals surface area contributed by atoms with Gasteiger partial charge in [0.2, 0.25) is 5.91 Å². The lowest BCUT2D eigenvalue weighted by Gasteiger charge is -2.29. The van der Waals surface area contributed by atoms with Crippen LogP contribution in [0.1, 0.15) is 50.9 Å². The molecule has 0 saturated carbocycles. The predicted molar refractivity (Wildman–Crippen MR) is 138 cm³/mol. The number of ether oxygens (including phenoxy) is 3. The van der Waals surface area contributed by atoms with Crippen LogP contribution in [-0.4, -0.2) is 73.0 Å². The van der Waals surface area contributed by atoms with Crippen molar-refractivity contribution in [2.75, 3.05) is 41.0 Å². The molecule has 1 aromatic heterocycles. The van der Waals surface area contributed by atoms with Crippen LogP contribution in [0.25, 0.3) is 0 Å².